The van der Waals surface area contributed by atoms with E-state index >= 15 is 0 Å². The van der Waals surface area contributed by atoms with Crippen LogP contribution in [0.15, 0.2) is 42.5 Å². The molecule has 2 nitrogen and oxygen atoms in total. The number of benzene rings is 2. The molecule has 0 bridgehead atoms. The van der Waals surface area contributed by atoms with E-state index in [1.165, 1.54) is 11.1 Å². The van der Waals surface area contributed by atoms with Gasteiger partial charge in [-0.15, -0.1) is 0 Å². The van der Waals surface area contributed by atoms with Crippen LogP contribution in [0.25, 0.3) is 0 Å². The number of ether oxygens (including phenoxy) is 2. The fourth-order valence-electron chi connectivity index (χ4n) is 2.02. The summed E-state index contributed by atoms with van der Waals surface area (Å²) in [4.78, 5) is 0. The van der Waals surface area contributed by atoms with Crippen molar-refractivity contribution in [3.05, 3.63) is 59.2 Å². The number of alkyl halides is 1. The van der Waals surface area contributed by atoms with Crippen LogP contribution in [0.1, 0.15) is 23.6 Å². The SMILES string of the molecule is CCOc1cccc(CBr)c1OCc1ccccc1C. The number of hydrogen-bond acceptors (Lipinski definition) is 2. The van der Waals surface area contributed by atoms with Gasteiger partial charge in [0, 0.05) is 10.9 Å². The summed E-state index contributed by atoms with van der Waals surface area (Å²) in [5.74, 6) is 1.63. The Morgan fingerprint density at radius 1 is 0.950 bits per heavy atom. The summed E-state index contributed by atoms with van der Waals surface area (Å²) < 4.78 is 11.7. The van der Waals surface area contributed by atoms with Gasteiger partial charge in [0.05, 0.1) is 6.61 Å². The van der Waals surface area contributed by atoms with Gasteiger partial charge in [-0.2, -0.15) is 0 Å². The quantitative estimate of drug-likeness (QED) is 0.702. The van der Waals surface area contributed by atoms with Crippen LogP contribution < -0.4 is 9.47 Å². The van der Waals surface area contributed by atoms with Crippen molar-refractivity contribution in [1.29, 1.82) is 0 Å². The summed E-state index contributed by atoms with van der Waals surface area (Å²) in [7, 11) is 0. The first kappa shape index (κ1) is 14.9. The Kier molecular flexibility index (Phi) is 5.48. The van der Waals surface area contributed by atoms with E-state index in [1.54, 1.807) is 0 Å². The molecule has 0 aliphatic carbocycles. The minimum absolute atomic E-state index is 0.552. The third kappa shape index (κ3) is 3.54. The maximum Gasteiger partial charge on any atom is 0.165 e. The number of rotatable bonds is 6. The van der Waals surface area contributed by atoms with Gasteiger partial charge in [0.1, 0.15) is 6.61 Å². The molecule has 20 heavy (non-hydrogen) atoms. The van der Waals surface area contributed by atoms with Crippen molar-refractivity contribution in [2.75, 3.05) is 6.61 Å². The Bertz CT molecular complexity index is 567. The van der Waals surface area contributed by atoms with Gasteiger partial charge < -0.3 is 9.47 Å². The zero-order valence-electron chi connectivity index (χ0n) is 11.9. The second-order valence-corrected chi connectivity index (χ2v) is 5.09. The first-order chi connectivity index (χ1) is 9.76. The van der Waals surface area contributed by atoms with E-state index in [4.69, 9.17) is 9.47 Å². The molecule has 0 aromatic heterocycles. The van der Waals surface area contributed by atoms with E-state index in [2.05, 4.69) is 35.0 Å². The third-order valence-electron chi connectivity index (χ3n) is 3.14. The molecule has 0 aliphatic rings. The zero-order chi connectivity index (χ0) is 14.4. The Balaban J connectivity index is 2.21. The normalized spacial score (nSPS) is 10.3. The fourth-order valence-corrected chi connectivity index (χ4v) is 2.46. The summed E-state index contributed by atoms with van der Waals surface area (Å²) >= 11 is 3.50. The molecule has 0 saturated heterocycles. The largest absolute Gasteiger partial charge is 0.490 e. The molecular weight excluding hydrogens is 316 g/mol. The van der Waals surface area contributed by atoms with E-state index in [0.29, 0.717) is 13.2 Å². The lowest BCUT2D eigenvalue weighted by Gasteiger charge is -2.15. The minimum atomic E-state index is 0.552. The van der Waals surface area contributed by atoms with Crippen LogP contribution in [0.4, 0.5) is 0 Å². The van der Waals surface area contributed by atoms with Crippen molar-refractivity contribution < 1.29 is 9.47 Å². The van der Waals surface area contributed by atoms with Crippen molar-refractivity contribution in [1.82, 2.24) is 0 Å². The van der Waals surface area contributed by atoms with Gasteiger partial charge >= 0.3 is 0 Å². The van der Waals surface area contributed by atoms with Crippen molar-refractivity contribution in [2.45, 2.75) is 25.8 Å². The molecule has 0 atom stereocenters. The molecule has 0 N–H and O–H groups in total. The van der Waals surface area contributed by atoms with Gasteiger partial charge in [0.25, 0.3) is 0 Å². The number of halogens is 1. The van der Waals surface area contributed by atoms with Crippen LogP contribution in [-0.4, -0.2) is 6.61 Å². The highest BCUT2D eigenvalue weighted by molar-refractivity contribution is 9.08. The number of hydrogen-bond donors (Lipinski definition) is 0. The van der Waals surface area contributed by atoms with Gasteiger partial charge in [-0.1, -0.05) is 52.3 Å². The maximum absolute atomic E-state index is 6.02. The molecule has 2 aromatic carbocycles. The molecule has 2 rings (SSSR count). The van der Waals surface area contributed by atoms with Gasteiger partial charge in [-0.25, -0.2) is 0 Å². The van der Waals surface area contributed by atoms with E-state index in [0.717, 1.165) is 22.4 Å². The average Bonchev–Trinajstić information content (AvgIpc) is 2.47. The minimum Gasteiger partial charge on any atom is -0.490 e. The van der Waals surface area contributed by atoms with Crippen LogP contribution in [0.3, 0.4) is 0 Å². The summed E-state index contributed by atoms with van der Waals surface area (Å²) in [6, 6.07) is 14.2. The first-order valence-electron chi connectivity index (χ1n) is 6.74. The van der Waals surface area contributed by atoms with Crippen LogP contribution in [0.2, 0.25) is 0 Å². The highest BCUT2D eigenvalue weighted by atomic mass is 79.9. The predicted octanol–water partition coefficient (Wildman–Crippen LogP) is 4.87. The summed E-state index contributed by atoms with van der Waals surface area (Å²) in [6.07, 6.45) is 0. The Labute approximate surface area is 128 Å². The van der Waals surface area contributed by atoms with Crippen molar-refractivity contribution in [2.24, 2.45) is 0 Å². The topological polar surface area (TPSA) is 18.5 Å². The molecule has 0 radical (unpaired) electrons. The fraction of sp³-hybridized carbons (Fsp3) is 0.294. The monoisotopic (exact) mass is 334 g/mol. The summed E-state index contributed by atoms with van der Waals surface area (Å²) in [5.41, 5.74) is 3.53. The second kappa shape index (κ2) is 7.34. The van der Waals surface area contributed by atoms with E-state index in [9.17, 15) is 0 Å². The van der Waals surface area contributed by atoms with Crippen molar-refractivity contribution in [3.63, 3.8) is 0 Å². The molecule has 0 unspecified atom stereocenters. The Hall–Kier alpha value is -1.48. The molecule has 106 valence electrons. The molecule has 0 heterocycles. The smallest absolute Gasteiger partial charge is 0.165 e. The lowest BCUT2D eigenvalue weighted by Crippen LogP contribution is -2.03. The maximum atomic E-state index is 6.02. The predicted molar refractivity (Wildman–Crippen MR) is 85.8 cm³/mol. The van der Waals surface area contributed by atoms with Crippen LogP contribution in [0.5, 0.6) is 11.5 Å². The molecule has 0 fully saturated rings. The first-order valence-corrected chi connectivity index (χ1v) is 7.86. The van der Waals surface area contributed by atoms with Crippen LogP contribution in [0, 0.1) is 6.92 Å². The van der Waals surface area contributed by atoms with E-state index in [1.807, 2.05) is 37.3 Å². The van der Waals surface area contributed by atoms with Crippen LogP contribution in [-0.2, 0) is 11.9 Å². The lowest BCUT2D eigenvalue weighted by atomic mass is 10.1. The standard InChI is InChI=1S/C17H19BrO2/c1-3-19-16-10-6-9-14(11-18)17(16)20-12-15-8-5-4-7-13(15)2/h4-10H,3,11-12H2,1-2H3. The van der Waals surface area contributed by atoms with Gasteiger partial charge in [0.2, 0.25) is 0 Å². The molecule has 0 spiro atoms. The number of para-hydroxylation sites is 1. The van der Waals surface area contributed by atoms with E-state index in [-0.39, 0.29) is 0 Å². The Morgan fingerprint density at radius 3 is 2.40 bits per heavy atom. The molecule has 0 amide bonds. The zero-order valence-corrected chi connectivity index (χ0v) is 13.4. The molecular formula is C17H19BrO2. The molecule has 0 saturated carbocycles. The molecule has 0 aliphatic heterocycles. The van der Waals surface area contributed by atoms with Crippen LogP contribution >= 0.6 is 15.9 Å². The van der Waals surface area contributed by atoms with Gasteiger partial charge in [-0.05, 0) is 31.0 Å². The van der Waals surface area contributed by atoms with Gasteiger partial charge in [-0.3, -0.25) is 0 Å². The Morgan fingerprint density at radius 2 is 1.70 bits per heavy atom. The summed E-state index contributed by atoms with van der Waals surface area (Å²) in [5, 5.41) is 0.747. The molecule has 2 aromatic rings. The molecule has 3 heteroatoms. The lowest BCUT2D eigenvalue weighted by molar-refractivity contribution is 0.267. The highest BCUT2D eigenvalue weighted by Gasteiger charge is 2.11. The van der Waals surface area contributed by atoms with E-state index < -0.39 is 0 Å². The highest BCUT2D eigenvalue weighted by Crippen LogP contribution is 2.33. The third-order valence-corrected chi connectivity index (χ3v) is 3.74. The van der Waals surface area contributed by atoms with Gasteiger partial charge in [0.15, 0.2) is 11.5 Å². The van der Waals surface area contributed by atoms with Crippen molar-refractivity contribution in [3.8, 4) is 11.5 Å². The average molecular weight is 335 g/mol. The van der Waals surface area contributed by atoms with Crippen molar-refractivity contribution >= 4 is 15.9 Å². The summed E-state index contributed by atoms with van der Waals surface area (Å²) in [6.45, 7) is 5.26. The second-order valence-electron chi connectivity index (χ2n) is 4.53. The number of aryl methyl sites for hydroxylation is 1.